The van der Waals surface area contributed by atoms with E-state index in [9.17, 15) is 18.7 Å². The van der Waals surface area contributed by atoms with E-state index in [4.69, 9.17) is 22.8 Å². The van der Waals surface area contributed by atoms with Gasteiger partial charge < -0.3 is 27.6 Å². The van der Waals surface area contributed by atoms with E-state index < -0.39 is 32.8 Å². The summed E-state index contributed by atoms with van der Waals surface area (Å²) in [4.78, 5) is 23.2. The maximum absolute atomic E-state index is 12.9. The molecule has 0 aromatic heterocycles. The Hall–Kier alpha value is -0.760. The molecule has 1 unspecified atom stereocenters. The van der Waals surface area contributed by atoms with Crippen molar-refractivity contribution in [1.82, 2.24) is 0 Å². The van der Waals surface area contributed by atoms with Gasteiger partial charge in [0.1, 0.15) is 6.16 Å². The van der Waals surface area contributed by atoms with Gasteiger partial charge in [-0.3, -0.25) is 18.7 Å². The van der Waals surface area contributed by atoms with Crippen LogP contribution in [-0.2, 0) is 46.3 Å². The first-order valence-corrected chi connectivity index (χ1v) is 17.1. The molecule has 0 bridgehead atoms. The number of hydrogen-bond acceptors (Lipinski definition) is 10. The Kier molecular flexibility index (Phi) is 25.2. The normalized spacial score (nSPS) is 12.4. The van der Waals surface area contributed by atoms with E-state index in [0.29, 0.717) is 6.42 Å². The summed E-state index contributed by atoms with van der Waals surface area (Å²) >= 11 is 0. The van der Waals surface area contributed by atoms with Gasteiger partial charge >= 0.3 is 27.1 Å². The predicted octanol–water partition coefficient (Wildman–Crippen LogP) is 7.14. The first-order valence-electron chi connectivity index (χ1n) is 13.7. The van der Waals surface area contributed by atoms with E-state index in [1.165, 1.54) is 25.7 Å². The number of esters is 2. The second kappa shape index (κ2) is 24.3. The van der Waals surface area contributed by atoms with Gasteiger partial charge in [0.05, 0.1) is 39.6 Å². The van der Waals surface area contributed by atoms with Crippen LogP contribution in [0.1, 0.15) is 99.8 Å². The lowest BCUT2D eigenvalue weighted by Gasteiger charge is -2.24. The molecule has 0 rings (SSSR count). The summed E-state index contributed by atoms with van der Waals surface area (Å²) in [6.07, 6.45) is 8.15. The molecule has 0 amide bonds. The second-order valence-corrected chi connectivity index (χ2v) is 12.2. The van der Waals surface area contributed by atoms with Gasteiger partial charge in [0.25, 0.3) is 0 Å². The molecule has 222 valence electrons. The van der Waals surface area contributed by atoms with Crippen LogP contribution in [0.2, 0.25) is 0 Å². The fourth-order valence-corrected chi connectivity index (χ4v) is 6.84. The number of ether oxygens (including phenoxy) is 2. The molecule has 10 nitrogen and oxygen atoms in total. The van der Waals surface area contributed by atoms with E-state index in [2.05, 4.69) is 11.7 Å². The molecule has 0 saturated heterocycles. The van der Waals surface area contributed by atoms with Crippen molar-refractivity contribution in [2.75, 3.05) is 45.8 Å². The first-order chi connectivity index (χ1) is 17.6. The molecule has 0 aliphatic heterocycles. The number of hydrogen-bond donors (Lipinski definition) is 0. The molecule has 0 spiro atoms. The molecule has 0 radical (unpaired) electrons. The topological polar surface area (TPSA) is 124 Å². The Labute approximate surface area is 224 Å². The van der Waals surface area contributed by atoms with Crippen molar-refractivity contribution in [3.63, 3.8) is 0 Å². The van der Waals surface area contributed by atoms with Crippen LogP contribution in [0.5, 0.6) is 0 Å². The number of rotatable bonds is 22. The molecular weight excluding hydrogens is 522 g/mol. The zero-order valence-electron chi connectivity index (χ0n) is 24.2. The summed E-state index contributed by atoms with van der Waals surface area (Å²) in [6.45, 7) is 14.0. The van der Waals surface area contributed by atoms with Crippen molar-refractivity contribution in [3.8, 4) is 0 Å². The molecule has 0 heterocycles. The number of carbonyl (C=O) groups excluding carboxylic acids is 2. The smallest absolute Gasteiger partial charge is 0.344 e. The van der Waals surface area contributed by atoms with Crippen LogP contribution < -0.4 is 0 Å². The number of carbonyl (C=O) groups is 2. The van der Waals surface area contributed by atoms with Crippen LogP contribution in [-0.4, -0.2) is 63.4 Å². The van der Waals surface area contributed by atoms with Gasteiger partial charge in [0, 0.05) is 0 Å². The van der Waals surface area contributed by atoms with Crippen molar-refractivity contribution in [3.05, 3.63) is 0 Å². The highest BCUT2D eigenvalue weighted by Crippen LogP contribution is 2.55. The van der Waals surface area contributed by atoms with Gasteiger partial charge in [-0.25, -0.2) is 0 Å². The summed E-state index contributed by atoms with van der Waals surface area (Å²) in [6, 6.07) is 0. The molecule has 0 saturated carbocycles. The van der Waals surface area contributed by atoms with Crippen molar-refractivity contribution in [2.45, 2.75) is 105 Å². The first kappa shape index (κ1) is 38.4. The number of unbranched alkanes of at least 4 members (excludes halogenated alkanes) is 6. The van der Waals surface area contributed by atoms with Crippen LogP contribution in [0.4, 0.5) is 0 Å². The van der Waals surface area contributed by atoms with Gasteiger partial charge in [-0.05, 0) is 48.0 Å². The SMILES string of the molecule is CCCCCCCCCC(C(=O)OCC)P(=O)(OCC)OCC.CCOC(=O)CP(=O)(OCC)OCC. The maximum Gasteiger partial charge on any atom is 0.344 e. The van der Waals surface area contributed by atoms with Crippen molar-refractivity contribution >= 4 is 27.1 Å². The largest absolute Gasteiger partial charge is 0.466 e. The molecule has 0 fully saturated rings. The van der Waals surface area contributed by atoms with Crippen LogP contribution >= 0.6 is 15.2 Å². The highest BCUT2D eigenvalue weighted by molar-refractivity contribution is 7.55. The third kappa shape index (κ3) is 19.0. The molecule has 1 atom stereocenters. The molecule has 0 aromatic carbocycles. The molecule has 37 heavy (non-hydrogen) atoms. The van der Waals surface area contributed by atoms with Gasteiger partial charge in [0.2, 0.25) is 0 Å². The van der Waals surface area contributed by atoms with Crippen molar-refractivity contribution in [1.29, 1.82) is 0 Å². The Morgan fingerprint density at radius 1 is 0.595 bits per heavy atom. The fraction of sp³-hybridized carbons (Fsp3) is 0.920. The van der Waals surface area contributed by atoms with Gasteiger partial charge in [0.15, 0.2) is 5.66 Å². The summed E-state index contributed by atoms with van der Waals surface area (Å²) in [5, 5.41) is 0. The van der Waals surface area contributed by atoms with E-state index in [-0.39, 0.29) is 45.8 Å². The molecule has 0 N–H and O–H groups in total. The summed E-state index contributed by atoms with van der Waals surface area (Å²) < 4.78 is 54.9. The average Bonchev–Trinajstić information content (AvgIpc) is 2.82. The standard InChI is InChI=1S/C17H35O5P.C8H17O5P/c1-5-9-10-11-12-13-14-15-16(17(18)20-6-2)23(19,21-7-3)22-8-4;1-4-11-8(9)7-14(10,12-5-2)13-6-3/h16H,5-15H2,1-4H3;4-7H2,1-3H3. The predicted molar refractivity (Wildman–Crippen MR) is 146 cm³/mol. The highest BCUT2D eigenvalue weighted by Gasteiger charge is 2.41. The molecular formula is C25H52O10P2. The Morgan fingerprint density at radius 3 is 1.49 bits per heavy atom. The Morgan fingerprint density at radius 2 is 1.05 bits per heavy atom. The second-order valence-electron chi connectivity index (χ2n) is 7.96. The lowest BCUT2D eigenvalue weighted by Crippen LogP contribution is -2.26. The minimum atomic E-state index is -3.46. The minimum Gasteiger partial charge on any atom is -0.466 e. The van der Waals surface area contributed by atoms with Crippen molar-refractivity contribution < 1.29 is 46.3 Å². The lowest BCUT2D eigenvalue weighted by atomic mass is 10.1. The fourth-order valence-electron chi connectivity index (χ4n) is 3.40. The zero-order chi connectivity index (χ0) is 28.6. The van der Waals surface area contributed by atoms with E-state index in [1.54, 1.807) is 41.5 Å². The quantitative estimate of drug-likeness (QED) is 0.0748. The highest BCUT2D eigenvalue weighted by atomic mass is 31.2. The van der Waals surface area contributed by atoms with Crippen molar-refractivity contribution in [2.24, 2.45) is 0 Å². The average molecular weight is 575 g/mol. The molecule has 0 aromatic rings. The van der Waals surface area contributed by atoms with Gasteiger partial charge in [-0.1, -0.05) is 51.9 Å². The van der Waals surface area contributed by atoms with Gasteiger partial charge in [-0.2, -0.15) is 0 Å². The summed E-state index contributed by atoms with van der Waals surface area (Å²) in [5.41, 5.74) is -0.807. The third-order valence-electron chi connectivity index (χ3n) is 4.92. The Bertz CT molecular complexity index is 652. The van der Waals surface area contributed by atoms with Gasteiger partial charge in [-0.15, -0.1) is 0 Å². The van der Waals surface area contributed by atoms with Crippen LogP contribution in [0, 0.1) is 0 Å². The maximum atomic E-state index is 12.9. The third-order valence-corrected chi connectivity index (χ3v) is 9.34. The zero-order valence-corrected chi connectivity index (χ0v) is 25.9. The monoisotopic (exact) mass is 574 g/mol. The molecule has 12 heteroatoms. The molecule has 0 aliphatic carbocycles. The van der Waals surface area contributed by atoms with E-state index in [0.717, 1.165) is 19.3 Å². The summed E-state index contributed by atoms with van der Waals surface area (Å²) in [7, 11) is -6.74. The van der Waals surface area contributed by atoms with E-state index in [1.807, 2.05) is 0 Å². The van der Waals surface area contributed by atoms with Crippen LogP contribution in [0.15, 0.2) is 0 Å². The van der Waals surface area contributed by atoms with Crippen LogP contribution in [0.3, 0.4) is 0 Å². The summed E-state index contributed by atoms with van der Waals surface area (Å²) in [5.74, 6) is -1.03. The Balaban J connectivity index is 0. The lowest BCUT2D eigenvalue weighted by molar-refractivity contribution is -0.143. The van der Waals surface area contributed by atoms with E-state index >= 15 is 0 Å². The minimum absolute atomic E-state index is 0.247. The van der Waals surface area contributed by atoms with Crippen LogP contribution in [0.25, 0.3) is 0 Å². The molecule has 0 aliphatic rings.